The van der Waals surface area contributed by atoms with E-state index in [1.54, 1.807) is 6.07 Å². The van der Waals surface area contributed by atoms with Crippen LogP contribution in [0.15, 0.2) is 78.9 Å². The molecule has 1 saturated carbocycles. The molecule has 7 heteroatoms. The van der Waals surface area contributed by atoms with Gasteiger partial charge < -0.3 is 20.3 Å². The molecule has 0 atom stereocenters. The molecule has 0 unspecified atom stereocenters. The van der Waals surface area contributed by atoms with Gasteiger partial charge in [0.2, 0.25) is 5.95 Å². The van der Waals surface area contributed by atoms with Crippen LogP contribution in [0.4, 0.5) is 11.8 Å². The van der Waals surface area contributed by atoms with Gasteiger partial charge in [0, 0.05) is 37.6 Å². The Kier molecular flexibility index (Phi) is 7.49. The van der Waals surface area contributed by atoms with Crippen LogP contribution in [0.5, 0.6) is 11.5 Å². The highest BCUT2D eigenvalue weighted by molar-refractivity contribution is 5.94. The van der Waals surface area contributed by atoms with Gasteiger partial charge in [0.25, 0.3) is 5.91 Å². The first-order valence-electron chi connectivity index (χ1n) is 12.9. The van der Waals surface area contributed by atoms with Gasteiger partial charge >= 0.3 is 0 Å². The molecule has 4 aromatic rings. The molecule has 1 fully saturated rings. The Morgan fingerprint density at radius 1 is 0.892 bits per heavy atom. The lowest BCUT2D eigenvalue weighted by molar-refractivity contribution is 0.0943. The third-order valence-electron chi connectivity index (χ3n) is 6.81. The van der Waals surface area contributed by atoms with Gasteiger partial charge in [0.1, 0.15) is 17.3 Å². The highest BCUT2D eigenvalue weighted by Gasteiger charge is 2.23. The molecule has 1 heterocycles. The average molecular weight is 496 g/mol. The fourth-order valence-electron chi connectivity index (χ4n) is 4.82. The van der Waals surface area contributed by atoms with Crippen molar-refractivity contribution in [3.05, 3.63) is 84.4 Å². The van der Waals surface area contributed by atoms with Gasteiger partial charge in [-0.15, -0.1) is 0 Å². The van der Waals surface area contributed by atoms with Crippen LogP contribution in [0, 0.1) is 5.92 Å². The predicted molar refractivity (Wildman–Crippen MR) is 149 cm³/mol. The number of nitrogens with one attached hydrogen (secondary N) is 2. The van der Waals surface area contributed by atoms with Crippen molar-refractivity contribution in [2.24, 2.45) is 5.92 Å². The van der Waals surface area contributed by atoms with Crippen molar-refractivity contribution in [2.45, 2.75) is 31.7 Å². The normalized spacial score (nSPS) is 17.2. The number of carbonyl (C=O) groups excluding carboxylic acids is 1. The van der Waals surface area contributed by atoms with Gasteiger partial charge in [-0.2, -0.15) is 4.98 Å². The number of rotatable bonds is 8. The predicted octanol–water partition coefficient (Wildman–Crippen LogP) is 5.89. The summed E-state index contributed by atoms with van der Waals surface area (Å²) >= 11 is 0. The quantitative estimate of drug-likeness (QED) is 0.317. The van der Waals surface area contributed by atoms with Crippen molar-refractivity contribution in [3.8, 4) is 11.5 Å². The van der Waals surface area contributed by atoms with E-state index in [1.807, 2.05) is 85.7 Å². The van der Waals surface area contributed by atoms with Crippen LogP contribution in [0.25, 0.3) is 10.9 Å². The number of aromatic nitrogens is 2. The third kappa shape index (κ3) is 6.17. The molecule has 1 aromatic heterocycles. The highest BCUT2D eigenvalue weighted by atomic mass is 16.5. The zero-order chi connectivity index (χ0) is 25.6. The first kappa shape index (κ1) is 24.6. The van der Waals surface area contributed by atoms with Crippen LogP contribution in [0.1, 0.15) is 36.0 Å². The number of benzene rings is 3. The molecule has 190 valence electrons. The van der Waals surface area contributed by atoms with Crippen LogP contribution in [-0.2, 0) is 0 Å². The summed E-state index contributed by atoms with van der Waals surface area (Å²) in [6.45, 7) is 0.673. The van der Waals surface area contributed by atoms with E-state index in [0.29, 0.717) is 35.8 Å². The molecule has 0 bridgehead atoms. The molecule has 1 amide bonds. The maximum absolute atomic E-state index is 12.8. The van der Waals surface area contributed by atoms with E-state index in [2.05, 4.69) is 16.7 Å². The maximum Gasteiger partial charge on any atom is 0.251 e. The molecule has 2 N–H and O–H groups in total. The number of fused-ring (bicyclic) bond motifs is 1. The Morgan fingerprint density at radius 3 is 2.41 bits per heavy atom. The van der Waals surface area contributed by atoms with Crippen LogP contribution < -0.4 is 20.3 Å². The number of hydrogen-bond acceptors (Lipinski definition) is 6. The van der Waals surface area contributed by atoms with Crippen LogP contribution in [-0.4, -0.2) is 42.6 Å². The molecule has 0 aliphatic heterocycles. The largest absolute Gasteiger partial charge is 0.457 e. The van der Waals surface area contributed by atoms with Crippen molar-refractivity contribution in [1.82, 2.24) is 15.3 Å². The zero-order valence-corrected chi connectivity index (χ0v) is 21.4. The molecular formula is C30H33N5O2. The monoisotopic (exact) mass is 495 g/mol. The van der Waals surface area contributed by atoms with Gasteiger partial charge in [-0.25, -0.2) is 4.98 Å². The number of amides is 1. The van der Waals surface area contributed by atoms with Crippen LogP contribution in [0.3, 0.4) is 0 Å². The Balaban J connectivity index is 1.12. The van der Waals surface area contributed by atoms with E-state index in [1.165, 1.54) is 0 Å². The molecule has 0 saturated heterocycles. The van der Waals surface area contributed by atoms with E-state index < -0.39 is 0 Å². The smallest absolute Gasteiger partial charge is 0.251 e. The van der Waals surface area contributed by atoms with Gasteiger partial charge in [-0.3, -0.25) is 4.79 Å². The van der Waals surface area contributed by atoms with E-state index in [0.717, 1.165) is 48.2 Å². The fraction of sp³-hybridized carbons (Fsp3) is 0.300. The SMILES string of the molecule is CN(C)c1nc(N[C@H]2CC[C@@H](CNC(=O)c3cccc(Oc4ccccc4)c3)CC2)nc2ccccc12. The Labute approximate surface area is 217 Å². The zero-order valence-electron chi connectivity index (χ0n) is 21.4. The van der Waals surface area contributed by atoms with Crippen molar-refractivity contribution in [1.29, 1.82) is 0 Å². The summed E-state index contributed by atoms with van der Waals surface area (Å²) in [5.41, 5.74) is 1.55. The standard InChI is InChI=1S/C30H33N5O2/c1-35(2)28-26-13-6-7-14-27(26)33-30(34-28)32-23-17-15-21(16-18-23)20-31-29(36)22-9-8-12-25(19-22)37-24-10-4-3-5-11-24/h3-14,19,21,23H,15-18,20H2,1-2H3,(H,31,36)(H,32,33,34)/t21-,23+. The first-order valence-corrected chi connectivity index (χ1v) is 12.9. The van der Waals surface area contributed by atoms with E-state index in [9.17, 15) is 4.79 Å². The number of nitrogens with zero attached hydrogens (tertiary/aromatic N) is 3. The first-order chi connectivity index (χ1) is 18.0. The van der Waals surface area contributed by atoms with E-state index >= 15 is 0 Å². The molecule has 1 aliphatic carbocycles. The Morgan fingerprint density at radius 2 is 1.62 bits per heavy atom. The summed E-state index contributed by atoms with van der Waals surface area (Å²) in [6, 6.07) is 25.3. The molecule has 3 aromatic carbocycles. The molecule has 5 rings (SSSR count). The summed E-state index contributed by atoms with van der Waals surface area (Å²) in [7, 11) is 4.01. The summed E-state index contributed by atoms with van der Waals surface area (Å²) in [5, 5.41) is 7.73. The van der Waals surface area contributed by atoms with Gasteiger partial charge in [-0.1, -0.05) is 36.4 Å². The average Bonchev–Trinajstić information content (AvgIpc) is 2.92. The summed E-state index contributed by atoms with van der Waals surface area (Å²) < 4.78 is 5.87. The second-order valence-electron chi connectivity index (χ2n) is 9.80. The van der Waals surface area contributed by atoms with Gasteiger partial charge in [0.05, 0.1) is 5.52 Å². The highest BCUT2D eigenvalue weighted by Crippen LogP contribution is 2.28. The van der Waals surface area contributed by atoms with E-state index in [-0.39, 0.29) is 5.91 Å². The number of hydrogen-bond donors (Lipinski definition) is 2. The number of anilines is 2. The minimum absolute atomic E-state index is 0.0699. The van der Waals surface area contributed by atoms with Crippen molar-refractivity contribution in [2.75, 3.05) is 30.9 Å². The fourth-order valence-corrected chi connectivity index (χ4v) is 4.82. The molecule has 1 aliphatic rings. The molecule has 37 heavy (non-hydrogen) atoms. The second-order valence-corrected chi connectivity index (χ2v) is 9.80. The number of para-hydroxylation sites is 2. The lowest BCUT2D eigenvalue weighted by Crippen LogP contribution is -2.34. The summed E-state index contributed by atoms with van der Waals surface area (Å²) in [6.07, 6.45) is 4.13. The van der Waals surface area contributed by atoms with Crippen LogP contribution >= 0.6 is 0 Å². The molecule has 0 radical (unpaired) electrons. The summed E-state index contributed by atoms with van der Waals surface area (Å²) in [5.74, 6) is 3.39. The summed E-state index contributed by atoms with van der Waals surface area (Å²) in [4.78, 5) is 24.3. The minimum atomic E-state index is -0.0699. The van der Waals surface area contributed by atoms with Gasteiger partial charge in [0.15, 0.2) is 0 Å². The lowest BCUT2D eigenvalue weighted by atomic mass is 9.86. The molecule has 0 spiro atoms. The molecular weight excluding hydrogens is 462 g/mol. The number of ether oxygens (including phenoxy) is 1. The van der Waals surface area contributed by atoms with Crippen LogP contribution in [0.2, 0.25) is 0 Å². The molecule has 7 nitrogen and oxygen atoms in total. The maximum atomic E-state index is 12.8. The minimum Gasteiger partial charge on any atom is -0.457 e. The number of carbonyl (C=O) groups is 1. The van der Waals surface area contributed by atoms with Crippen molar-refractivity contribution >= 4 is 28.6 Å². The Bertz CT molecular complexity index is 1350. The van der Waals surface area contributed by atoms with Gasteiger partial charge in [-0.05, 0) is 74.1 Å². The topological polar surface area (TPSA) is 79.4 Å². The lowest BCUT2D eigenvalue weighted by Gasteiger charge is -2.29. The van der Waals surface area contributed by atoms with Crippen molar-refractivity contribution < 1.29 is 9.53 Å². The second kappa shape index (κ2) is 11.3. The van der Waals surface area contributed by atoms with E-state index in [4.69, 9.17) is 14.7 Å². The third-order valence-corrected chi connectivity index (χ3v) is 6.81. The van der Waals surface area contributed by atoms with Crippen molar-refractivity contribution in [3.63, 3.8) is 0 Å². The Hall–Kier alpha value is -4.13.